The lowest BCUT2D eigenvalue weighted by Crippen LogP contribution is -2.35. The van der Waals surface area contributed by atoms with Crippen LogP contribution in [0.2, 0.25) is 0 Å². The van der Waals surface area contributed by atoms with Gasteiger partial charge in [-0.05, 0) is 73.9 Å². The Morgan fingerprint density at radius 1 is 1.08 bits per heavy atom. The molecule has 0 amide bonds. The first kappa shape index (κ1) is 28.1. The van der Waals surface area contributed by atoms with E-state index in [9.17, 15) is 8.42 Å². The molecule has 0 spiro atoms. The fourth-order valence-electron chi connectivity index (χ4n) is 4.09. The third kappa shape index (κ3) is 7.13. The summed E-state index contributed by atoms with van der Waals surface area (Å²) in [6, 6.07) is 12.0. The number of methoxy groups -OCH3 is 1. The van der Waals surface area contributed by atoms with Gasteiger partial charge in [-0.1, -0.05) is 12.1 Å². The summed E-state index contributed by atoms with van der Waals surface area (Å²) >= 11 is 3.46. The Kier molecular flexibility index (Phi) is 9.08. The lowest BCUT2D eigenvalue weighted by Gasteiger charge is -2.29. The molecule has 0 aliphatic carbocycles. The zero-order valence-electron chi connectivity index (χ0n) is 21.9. The molecule has 204 valence electrons. The number of sulfonamides is 1. The van der Waals surface area contributed by atoms with Crippen molar-refractivity contribution in [2.45, 2.75) is 43.7 Å². The van der Waals surface area contributed by atoms with Gasteiger partial charge in [0.15, 0.2) is 0 Å². The number of nitrogens with one attached hydrogen (secondary N) is 3. The van der Waals surface area contributed by atoms with Crippen LogP contribution >= 0.6 is 15.9 Å². The quantitative estimate of drug-likeness (QED) is 0.297. The topological polar surface area (TPSA) is 118 Å². The van der Waals surface area contributed by atoms with E-state index in [0.717, 1.165) is 31.7 Å². The van der Waals surface area contributed by atoms with Crippen molar-refractivity contribution < 1.29 is 17.9 Å². The maximum Gasteiger partial charge on any atom is 0.242 e. The van der Waals surface area contributed by atoms with E-state index < -0.39 is 10.0 Å². The number of aromatic nitrogens is 2. The van der Waals surface area contributed by atoms with Crippen LogP contribution in [0.1, 0.15) is 26.7 Å². The van der Waals surface area contributed by atoms with E-state index >= 15 is 0 Å². The highest BCUT2D eigenvalue weighted by Crippen LogP contribution is 2.34. The van der Waals surface area contributed by atoms with Gasteiger partial charge < -0.3 is 25.0 Å². The third-order valence-corrected chi connectivity index (χ3v) is 8.25. The SMILES string of the molecule is COc1ccc(OC2CCN(C)CC2)cc1Nc1ncc(Br)c(Nc2ccccc2S(=O)(=O)NC(C)C)n1. The van der Waals surface area contributed by atoms with Gasteiger partial charge in [-0.15, -0.1) is 0 Å². The Hall–Kier alpha value is -2.93. The Labute approximate surface area is 232 Å². The number of anilines is 4. The number of hydrogen-bond acceptors (Lipinski definition) is 9. The molecular weight excluding hydrogens is 572 g/mol. The molecule has 4 rings (SSSR count). The van der Waals surface area contributed by atoms with Crippen LogP contribution in [0.25, 0.3) is 0 Å². The van der Waals surface area contributed by atoms with Crippen LogP contribution in [-0.4, -0.2) is 62.7 Å². The molecule has 0 unspecified atom stereocenters. The second kappa shape index (κ2) is 12.3. The van der Waals surface area contributed by atoms with Crippen molar-refractivity contribution in [2.75, 3.05) is 37.9 Å². The maximum absolute atomic E-state index is 12.9. The predicted molar refractivity (Wildman–Crippen MR) is 152 cm³/mol. The molecule has 38 heavy (non-hydrogen) atoms. The number of hydrogen-bond donors (Lipinski definition) is 3. The minimum atomic E-state index is -3.73. The Bertz CT molecular complexity index is 1360. The highest BCUT2D eigenvalue weighted by Gasteiger charge is 2.21. The molecule has 1 saturated heterocycles. The zero-order chi connectivity index (χ0) is 27.3. The van der Waals surface area contributed by atoms with Crippen LogP contribution in [0, 0.1) is 0 Å². The van der Waals surface area contributed by atoms with Crippen LogP contribution in [0.15, 0.2) is 58.0 Å². The summed E-state index contributed by atoms with van der Waals surface area (Å²) < 4.78 is 40.7. The van der Waals surface area contributed by atoms with Gasteiger partial charge >= 0.3 is 0 Å². The summed E-state index contributed by atoms with van der Waals surface area (Å²) in [6.45, 7) is 5.56. The summed E-state index contributed by atoms with van der Waals surface area (Å²) in [7, 11) is -0.0196. The van der Waals surface area contributed by atoms with E-state index in [4.69, 9.17) is 9.47 Å². The maximum atomic E-state index is 12.9. The summed E-state index contributed by atoms with van der Waals surface area (Å²) in [5.41, 5.74) is 1.03. The molecule has 10 nitrogen and oxygen atoms in total. The third-order valence-electron chi connectivity index (χ3n) is 5.95. The Balaban J connectivity index is 1.57. The van der Waals surface area contributed by atoms with Gasteiger partial charge in [0.05, 0.1) is 23.0 Å². The highest BCUT2D eigenvalue weighted by molar-refractivity contribution is 9.10. The molecule has 0 atom stereocenters. The van der Waals surface area contributed by atoms with E-state index in [-0.39, 0.29) is 17.0 Å². The molecule has 1 aliphatic rings. The molecule has 3 aromatic rings. The van der Waals surface area contributed by atoms with Gasteiger partial charge in [-0.3, -0.25) is 0 Å². The van der Waals surface area contributed by atoms with E-state index in [1.54, 1.807) is 51.4 Å². The monoisotopic (exact) mass is 604 g/mol. The molecule has 12 heteroatoms. The molecular formula is C26H33BrN6O4S. The van der Waals surface area contributed by atoms with Crippen LogP contribution in [0.5, 0.6) is 11.5 Å². The van der Waals surface area contributed by atoms with Gasteiger partial charge in [0.1, 0.15) is 28.3 Å². The largest absolute Gasteiger partial charge is 0.495 e. The summed E-state index contributed by atoms with van der Waals surface area (Å²) in [6.07, 6.45) is 3.70. The highest BCUT2D eigenvalue weighted by atomic mass is 79.9. The fraction of sp³-hybridized carbons (Fsp3) is 0.385. The van der Waals surface area contributed by atoms with Gasteiger partial charge in [-0.2, -0.15) is 4.98 Å². The summed E-state index contributed by atoms with van der Waals surface area (Å²) in [5, 5.41) is 6.33. The minimum absolute atomic E-state index is 0.120. The lowest BCUT2D eigenvalue weighted by molar-refractivity contribution is 0.114. The molecule has 1 aromatic heterocycles. The van der Waals surface area contributed by atoms with E-state index in [0.29, 0.717) is 33.4 Å². The number of piperidine rings is 1. The van der Waals surface area contributed by atoms with Crippen LogP contribution in [0.3, 0.4) is 0 Å². The molecule has 2 heterocycles. The minimum Gasteiger partial charge on any atom is -0.495 e. The molecule has 0 radical (unpaired) electrons. The average molecular weight is 606 g/mol. The van der Waals surface area contributed by atoms with Crippen LogP contribution < -0.4 is 24.8 Å². The Morgan fingerprint density at radius 3 is 2.53 bits per heavy atom. The van der Waals surface area contributed by atoms with Crippen molar-refractivity contribution in [3.63, 3.8) is 0 Å². The molecule has 1 aliphatic heterocycles. The molecule has 2 aromatic carbocycles. The summed E-state index contributed by atoms with van der Waals surface area (Å²) in [4.78, 5) is 11.4. The van der Waals surface area contributed by atoms with Crippen LogP contribution in [-0.2, 0) is 10.0 Å². The smallest absolute Gasteiger partial charge is 0.242 e. The van der Waals surface area contributed by atoms with Gasteiger partial charge in [0.25, 0.3) is 0 Å². The first-order valence-electron chi connectivity index (χ1n) is 12.4. The van der Waals surface area contributed by atoms with Gasteiger partial charge in [-0.25, -0.2) is 18.1 Å². The number of ether oxygens (including phenoxy) is 2. The van der Waals surface area contributed by atoms with Crippen molar-refractivity contribution in [1.82, 2.24) is 19.6 Å². The van der Waals surface area contributed by atoms with Crippen molar-refractivity contribution in [2.24, 2.45) is 0 Å². The normalized spacial score (nSPS) is 14.9. The molecule has 3 N–H and O–H groups in total. The lowest BCUT2D eigenvalue weighted by atomic mass is 10.1. The first-order valence-corrected chi connectivity index (χ1v) is 14.6. The second-order valence-corrected chi connectivity index (χ2v) is 11.9. The first-order chi connectivity index (χ1) is 18.1. The average Bonchev–Trinajstić information content (AvgIpc) is 2.87. The fourth-order valence-corrected chi connectivity index (χ4v) is 5.80. The number of nitrogens with zero attached hydrogens (tertiary/aromatic N) is 3. The van der Waals surface area contributed by atoms with Crippen molar-refractivity contribution >= 4 is 49.1 Å². The zero-order valence-corrected chi connectivity index (χ0v) is 24.3. The predicted octanol–water partition coefficient (Wildman–Crippen LogP) is 4.89. The van der Waals surface area contributed by atoms with Gasteiger partial charge in [0.2, 0.25) is 16.0 Å². The number of para-hydroxylation sites is 1. The van der Waals surface area contributed by atoms with Crippen LogP contribution in [0.4, 0.5) is 23.1 Å². The summed E-state index contributed by atoms with van der Waals surface area (Å²) in [5.74, 6) is 2.03. The van der Waals surface area contributed by atoms with Crippen molar-refractivity contribution in [3.05, 3.63) is 53.1 Å². The number of benzene rings is 2. The molecule has 0 bridgehead atoms. The standard InChI is InChI=1S/C26H33BrN6O4S/c1-17(2)32-38(34,35)24-8-6-5-7-21(24)29-25-20(27)16-28-26(31-25)30-22-15-19(9-10-23(22)36-4)37-18-11-13-33(3)14-12-18/h5-10,15-18,32H,11-14H2,1-4H3,(H2,28,29,30,31). The number of rotatable bonds is 10. The van der Waals surface area contributed by atoms with Crippen molar-refractivity contribution in [3.8, 4) is 11.5 Å². The molecule has 0 saturated carbocycles. The number of likely N-dealkylation sites (tertiary alicyclic amines) is 1. The molecule has 1 fully saturated rings. The van der Waals surface area contributed by atoms with Crippen molar-refractivity contribution in [1.29, 1.82) is 0 Å². The second-order valence-electron chi connectivity index (χ2n) is 9.39. The van der Waals surface area contributed by atoms with E-state index in [1.807, 2.05) is 18.2 Å². The number of halogens is 1. The Morgan fingerprint density at radius 2 is 1.82 bits per heavy atom. The van der Waals surface area contributed by atoms with E-state index in [1.165, 1.54) is 0 Å². The van der Waals surface area contributed by atoms with Gasteiger partial charge in [0, 0.05) is 31.4 Å². The van der Waals surface area contributed by atoms with E-state index in [2.05, 4.69) is 53.2 Å².